The second-order valence-corrected chi connectivity index (χ2v) is 7.70. The van der Waals surface area contributed by atoms with Gasteiger partial charge in [0.05, 0.1) is 11.6 Å². The van der Waals surface area contributed by atoms with Crippen molar-refractivity contribution in [3.05, 3.63) is 95.1 Å². The van der Waals surface area contributed by atoms with Gasteiger partial charge in [0.1, 0.15) is 0 Å². The number of unbranched alkanes of at least 4 members (excludes halogenated alkanes) is 1. The van der Waals surface area contributed by atoms with Crippen molar-refractivity contribution in [1.29, 1.82) is 0 Å². The highest BCUT2D eigenvalue weighted by atomic mass is 16.4. The summed E-state index contributed by atoms with van der Waals surface area (Å²) < 4.78 is 0. The first-order valence-electron chi connectivity index (χ1n) is 10.4. The molecule has 0 aliphatic carbocycles. The predicted molar refractivity (Wildman–Crippen MR) is 117 cm³/mol. The number of fused-ring (bicyclic) bond motifs is 1. The SMILES string of the molecule is CCCCC(=O)N1Cc2ccc(-c3ccccc3C(=O)O)cc2C1c1ccccc1. The maximum Gasteiger partial charge on any atom is 0.336 e. The van der Waals surface area contributed by atoms with Gasteiger partial charge in [-0.05, 0) is 46.4 Å². The van der Waals surface area contributed by atoms with E-state index in [2.05, 4.69) is 25.1 Å². The van der Waals surface area contributed by atoms with E-state index in [1.807, 2.05) is 47.4 Å². The van der Waals surface area contributed by atoms with E-state index in [9.17, 15) is 14.7 Å². The van der Waals surface area contributed by atoms with Gasteiger partial charge in [-0.1, -0.05) is 74.0 Å². The standard InChI is InChI=1S/C26H25NO3/c1-2-3-13-24(28)27-17-20-15-14-19(21-11-7-8-12-22(21)26(29)30)16-23(20)25(27)18-9-5-4-6-10-18/h4-12,14-16,25H,2-3,13,17H2,1H3,(H,29,30). The van der Waals surface area contributed by atoms with Crippen molar-refractivity contribution in [2.24, 2.45) is 0 Å². The lowest BCUT2D eigenvalue weighted by molar-refractivity contribution is -0.133. The number of carboxylic acids is 1. The molecule has 1 atom stereocenters. The number of hydrogen-bond donors (Lipinski definition) is 1. The number of hydrogen-bond acceptors (Lipinski definition) is 2. The molecule has 0 radical (unpaired) electrons. The third kappa shape index (κ3) is 3.73. The van der Waals surface area contributed by atoms with Crippen LogP contribution in [0.3, 0.4) is 0 Å². The number of carbonyl (C=O) groups excluding carboxylic acids is 1. The van der Waals surface area contributed by atoms with Gasteiger partial charge >= 0.3 is 5.97 Å². The molecule has 0 aromatic heterocycles. The molecule has 1 heterocycles. The fourth-order valence-electron chi connectivity index (χ4n) is 4.22. The van der Waals surface area contributed by atoms with Crippen LogP contribution in [0.1, 0.15) is 59.3 Å². The quantitative estimate of drug-likeness (QED) is 0.581. The molecular weight excluding hydrogens is 374 g/mol. The van der Waals surface area contributed by atoms with Crippen LogP contribution in [0.4, 0.5) is 0 Å². The van der Waals surface area contributed by atoms with Crippen molar-refractivity contribution in [2.45, 2.75) is 38.8 Å². The second-order valence-electron chi connectivity index (χ2n) is 7.70. The molecule has 3 aromatic carbocycles. The molecule has 0 spiro atoms. The minimum Gasteiger partial charge on any atom is -0.478 e. The van der Waals surface area contributed by atoms with Crippen LogP contribution in [0.2, 0.25) is 0 Å². The predicted octanol–water partition coefficient (Wildman–Crippen LogP) is 5.67. The zero-order valence-corrected chi connectivity index (χ0v) is 17.0. The van der Waals surface area contributed by atoms with Gasteiger partial charge in [0.2, 0.25) is 5.91 Å². The highest BCUT2D eigenvalue weighted by Gasteiger charge is 2.34. The first kappa shape index (κ1) is 19.9. The fraction of sp³-hybridized carbons (Fsp3) is 0.231. The Balaban J connectivity index is 1.80. The van der Waals surface area contributed by atoms with Crippen molar-refractivity contribution >= 4 is 11.9 Å². The largest absolute Gasteiger partial charge is 0.478 e. The molecule has 0 bridgehead atoms. The smallest absolute Gasteiger partial charge is 0.336 e. The van der Waals surface area contributed by atoms with Gasteiger partial charge in [0.25, 0.3) is 0 Å². The average molecular weight is 399 g/mol. The van der Waals surface area contributed by atoms with Gasteiger partial charge in [-0.15, -0.1) is 0 Å². The first-order chi connectivity index (χ1) is 14.6. The van der Waals surface area contributed by atoms with Crippen molar-refractivity contribution < 1.29 is 14.7 Å². The Morgan fingerprint density at radius 1 is 1.00 bits per heavy atom. The molecule has 0 saturated heterocycles. The van der Waals surface area contributed by atoms with E-state index in [4.69, 9.17) is 0 Å². The van der Waals surface area contributed by atoms with E-state index in [0.29, 0.717) is 18.5 Å². The third-order valence-corrected chi connectivity index (χ3v) is 5.74. The highest BCUT2D eigenvalue weighted by Crippen LogP contribution is 2.41. The van der Waals surface area contributed by atoms with Crippen LogP contribution < -0.4 is 0 Å². The molecule has 0 saturated carbocycles. The molecule has 4 heteroatoms. The number of benzene rings is 3. The summed E-state index contributed by atoms with van der Waals surface area (Å²) in [6.45, 7) is 2.67. The third-order valence-electron chi connectivity index (χ3n) is 5.74. The van der Waals surface area contributed by atoms with Crippen molar-refractivity contribution in [2.75, 3.05) is 0 Å². The van der Waals surface area contributed by atoms with E-state index in [-0.39, 0.29) is 17.5 Å². The summed E-state index contributed by atoms with van der Waals surface area (Å²) in [4.78, 5) is 26.7. The number of nitrogens with zero attached hydrogens (tertiary/aromatic N) is 1. The van der Waals surface area contributed by atoms with Crippen LogP contribution in [0.15, 0.2) is 72.8 Å². The highest BCUT2D eigenvalue weighted by molar-refractivity contribution is 5.96. The Labute approximate surface area is 176 Å². The second kappa shape index (κ2) is 8.54. The van der Waals surface area contributed by atoms with E-state index >= 15 is 0 Å². The summed E-state index contributed by atoms with van der Waals surface area (Å²) in [6, 6.07) is 23.0. The van der Waals surface area contributed by atoms with Crippen LogP contribution in [-0.4, -0.2) is 21.9 Å². The van der Waals surface area contributed by atoms with Crippen LogP contribution in [-0.2, 0) is 11.3 Å². The van der Waals surface area contributed by atoms with Gasteiger partial charge in [-0.3, -0.25) is 4.79 Å². The number of rotatable bonds is 6. The van der Waals surface area contributed by atoms with Crippen LogP contribution in [0, 0.1) is 0 Å². The molecular formula is C26H25NO3. The van der Waals surface area contributed by atoms with E-state index in [0.717, 1.165) is 35.1 Å². The maximum atomic E-state index is 13.0. The van der Waals surface area contributed by atoms with Crippen LogP contribution in [0.5, 0.6) is 0 Å². The lowest BCUT2D eigenvalue weighted by Gasteiger charge is -2.26. The summed E-state index contributed by atoms with van der Waals surface area (Å²) in [5, 5.41) is 9.59. The average Bonchev–Trinajstić information content (AvgIpc) is 3.17. The van der Waals surface area contributed by atoms with E-state index in [1.165, 1.54) is 0 Å². The van der Waals surface area contributed by atoms with Gasteiger partial charge in [0.15, 0.2) is 0 Å². The summed E-state index contributed by atoms with van der Waals surface area (Å²) in [5.41, 5.74) is 5.09. The molecule has 152 valence electrons. The summed E-state index contributed by atoms with van der Waals surface area (Å²) in [5.74, 6) is -0.781. The maximum absolute atomic E-state index is 13.0. The fourth-order valence-corrected chi connectivity index (χ4v) is 4.22. The monoisotopic (exact) mass is 399 g/mol. The van der Waals surface area contributed by atoms with Gasteiger partial charge < -0.3 is 10.0 Å². The minimum absolute atomic E-state index is 0.150. The molecule has 1 N–H and O–H groups in total. The molecule has 1 aliphatic heterocycles. The first-order valence-corrected chi connectivity index (χ1v) is 10.4. The topological polar surface area (TPSA) is 57.6 Å². The summed E-state index contributed by atoms with van der Waals surface area (Å²) >= 11 is 0. The van der Waals surface area contributed by atoms with Gasteiger partial charge in [0, 0.05) is 13.0 Å². The summed E-state index contributed by atoms with van der Waals surface area (Å²) in [7, 11) is 0. The summed E-state index contributed by atoms with van der Waals surface area (Å²) in [6.07, 6.45) is 2.41. The van der Waals surface area contributed by atoms with Crippen molar-refractivity contribution in [1.82, 2.24) is 4.90 Å². The Morgan fingerprint density at radius 3 is 2.47 bits per heavy atom. The molecule has 0 fully saturated rings. The lowest BCUT2D eigenvalue weighted by atomic mass is 9.92. The van der Waals surface area contributed by atoms with Gasteiger partial charge in [-0.25, -0.2) is 4.79 Å². The zero-order valence-electron chi connectivity index (χ0n) is 17.0. The van der Waals surface area contributed by atoms with Crippen molar-refractivity contribution in [3.63, 3.8) is 0 Å². The Bertz CT molecular complexity index is 1070. The number of amides is 1. The Morgan fingerprint density at radius 2 is 1.73 bits per heavy atom. The molecule has 1 amide bonds. The van der Waals surface area contributed by atoms with Crippen LogP contribution >= 0.6 is 0 Å². The Kier molecular flexibility index (Phi) is 5.66. The van der Waals surface area contributed by atoms with E-state index in [1.54, 1.807) is 12.1 Å². The van der Waals surface area contributed by atoms with Gasteiger partial charge in [-0.2, -0.15) is 0 Å². The lowest BCUT2D eigenvalue weighted by Crippen LogP contribution is -2.30. The molecule has 4 nitrogen and oxygen atoms in total. The molecule has 4 rings (SSSR count). The normalized spacial score (nSPS) is 15.1. The number of carboxylic acid groups (broad SMARTS) is 1. The number of carbonyl (C=O) groups is 2. The molecule has 3 aromatic rings. The van der Waals surface area contributed by atoms with Crippen molar-refractivity contribution in [3.8, 4) is 11.1 Å². The Hall–Kier alpha value is -3.40. The zero-order chi connectivity index (χ0) is 21.1. The molecule has 1 aliphatic rings. The minimum atomic E-state index is -0.943. The van der Waals surface area contributed by atoms with E-state index < -0.39 is 5.97 Å². The molecule has 30 heavy (non-hydrogen) atoms. The van der Waals surface area contributed by atoms with Crippen LogP contribution in [0.25, 0.3) is 11.1 Å². The molecule has 1 unspecified atom stereocenters. The number of aromatic carboxylic acids is 1.